The van der Waals surface area contributed by atoms with Gasteiger partial charge >= 0.3 is 18.0 Å². The van der Waals surface area contributed by atoms with Gasteiger partial charge in [-0.25, -0.2) is 14.4 Å². The molecular formula is C21H30N2O7. The summed E-state index contributed by atoms with van der Waals surface area (Å²) in [5.74, 6) is -1.79. The number of amides is 2. The lowest BCUT2D eigenvalue weighted by Gasteiger charge is -2.19. The number of esters is 2. The second kappa shape index (κ2) is 11.2. The molecule has 0 aromatic heterocycles. The normalized spacial score (nSPS) is 12.0. The fourth-order valence-electron chi connectivity index (χ4n) is 2.42. The van der Waals surface area contributed by atoms with Crippen molar-refractivity contribution in [3.05, 3.63) is 29.8 Å². The molecule has 30 heavy (non-hydrogen) atoms. The minimum Gasteiger partial charge on any atom is -0.467 e. The number of nitrogens with one attached hydrogen (secondary N) is 2. The molecular weight excluding hydrogens is 392 g/mol. The zero-order valence-electron chi connectivity index (χ0n) is 18.2. The molecule has 0 saturated carbocycles. The Labute approximate surface area is 176 Å². The van der Waals surface area contributed by atoms with Crippen molar-refractivity contribution in [1.29, 1.82) is 0 Å². The summed E-state index contributed by atoms with van der Waals surface area (Å²) in [6.07, 6.45) is -0.267. The molecule has 0 heterocycles. The van der Waals surface area contributed by atoms with Crippen molar-refractivity contribution >= 4 is 29.6 Å². The average molecular weight is 422 g/mol. The number of benzene rings is 1. The van der Waals surface area contributed by atoms with Crippen LogP contribution < -0.4 is 10.6 Å². The van der Waals surface area contributed by atoms with Gasteiger partial charge < -0.3 is 19.5 Å². The Morgan fingerprint density at radius 2 is 1.77 bits per heavy atom. The first-order valence-corrected chi connectivity index (χ1v) is 9.55. The van der Waals surface area contributed by atoms with E-state index in [9.17, 15) is 19.2 Å². The average Bonchev–Trinajstić information content (AvgIpc) is 2.63. The Morgan fingerprint density at radius 3 is 2.33 bits per heavy atom. The number of rotatable bonds is 8. The molecule has 0 bridgehead atoms. The molecule has 0 aliphatic rings. The fourth-order valence-corrected chi connectivity index (χ4v) is 2.42. The molecule has 1 atom stereocenters. The fraction of sp³-hybridized carbons (Fsp3) is 0.524. The maximum absolute atomic E-state index is 12.2. The Hall–Kier alpha value is -3.10. The summed E-state index contributed by atoms with van der Waals surface area (Å²) in [7, 11) is 1.24. The van der Waals surface area contributed by atoms with Gasteiger partial charge in [-0.3, -0.25) is 10.1 Å². The van der Waals surface area contributed by atoms with Gasteiger partial charge in [0.1, 0.15) is 11.6 Å². The molecule has 0 spiro atoms. The van der Waals surface area contributed by atoms with E-state index in [1.807, 2.05) is 13.8 Å². The highest BCUT2D eigenvalue weighted by Crippen LogP contribution is 2.14. The van der Waals surface area contributed by atoms with Crippen LogP contribution in [0.4, 0.5) is 10.5 Å². The Bertz CT molecular complexity index is 769. The molecule has 9 heteroatoms. The highest BCUT2D eigenvalue weighted by atomic mass is 16.6. The van der Waals surface area contributed by atoms with E-state index in [4.69, 9.17) is 9.47 Å². The van der Waals surface area contributed by atoms with Gasteiger partial charge in [0.2, 0.25) is 0 Å². The summed E-state index contributed by atoms with van der Waals surface area (Å²) in [6, 6.07) is 5.21. The van der Waals surface area contributed by atoms with Crippen molar-refractivity contribution < 1.29 is 33.4 Å². The van der Waals surface area contributed by atoms with Crippen LogP contribution in [0.2, 0.25) is 0 Å². The molecule has 0 saturated heterocycles. The predicted octanol–water partition coefficient (Wildman–Crippen LogP) is 2.89. The summed E-state index contributed by atoms with van der Waals surface area (Å²) in [4.78, 5) is 47.9. The first kappa shape index (κ1) is 24.9. The van der Waals surface area contributed by atoms with Crippen LogP contribution in [0.5, 0.6) is 0 Å². The van der Waals surface area contributed by atoms with Crippen LogP contribution in [-0.2, 0) is 23.8 Å². The van der Waals surface area contributed by atoms with Crippen molar-refractivity contribution in [2.45, 2.75) is 52.7 Å². The molecule has 0 fully saturated rings. The Balaban J connectivity index is 2.65. The number of methoxy groups -OCH3 is 1. The van der Waals surface area contributed by atoms with Crippen molar-refractivity contribution in [3.63, 3.8) is 0 Å². The molecule has 2 amide bonds. The summed E-state index contributed by atoms with van der Waals surface area (Å²) < 4.78 is 14.8. The van der Waals surface area contributed by atoms with Gasteiger partial charge in [0, 0.05) is 5.69 Å². The van der Waals surface area contributed by atoms with Crippen LogP contribution in [0.15, 0.2) is 24.3 Å². The number of ether oxygens (including phenoxy) is 3. The predicted molar refractivity (Wildman–Crippen MR) is 110 cm³/mol. The van der Waals surface area contributed by atoms with E-state index < -0.39 is 42.2 Å². The lowest BCUT2D eigenvalue weighted by molar-refractivity contribution is -0.145. The minimum atomic E-state index is -0.817. The van der Waals surface area contributed by atoms with E-state index in [0.29, 0.717) is 12.1 Å². The van der Waals surface area contributed by atoms with E-state index in [1.54, 1.807) is 32.9 Å². The monoisotopic (exact) mass is 422 g/mol. The van der Waals surface area contributed by atoms with Crippen molar-refractivity contribution in [3.8, 4) is 0 Å². The van der Waals surface area contributed by atoms with Crippen LogP contribution >= 0.6 is 0 Å². The highest BCUT2D eigenvalue weighted by Gasteiger charge is 2.23. The van der Waals surface area contributed by atoms with Gasteiger partial charge in [0.05, 0.1) is 12.7 Å². The van der Waals surface area contributed by atoms with Crippen LogP contribution in [0.1, 0.15) is 51.4 Å². The standard InChI is InChI=1S/C21H30N2O7/c1-13(2)10-16(19(26)28-6)23-17(24)12-29-18(25)14-8-7-9-15(11-14)22-20(27)30-21(3,4)5/h7-9,11,13,16H,10,12H2,1-6H3,(H,22,27)(H,23,24)/t16-/m0/s1. The van der Waals surface area contributed by atoms with Gasteiger partial charge in [-0.05, 0) is 51.3 Å². The molecule has 166 valence electrons. The second-order valence-corrected chi connectivity index (χ2v) is 8.06. The number of hydrogen-bond donors (Lipinski definition) is 2. The van der Waals surface area contributed by atoms with Gasteiger partial charge in [0.25, 0.3) is 5.91 Å². The molecule has 0 aliphatic heterocycles. The SMILES string of the molecule is COC(=O)[C@H](CC(C)C)NC(=O)COC(=O)c1cccc(NC(=O)OC(C)(C)C)c1. The molecule has 0 radical (unpaired) electrons. The number of carbonyl (C=O) groups is 4. The molecule has 1 rings (SSSR count). The maximum atomic E-state index is 12.2. The third kappa shape index (κ3) is 9.40. The molecule has 2 N–H and O–H groups in total. The highest BCUT2D eigenvalue weighted by molar-refractivity contribution is 5.94. The zero-order valence-corrected chi connectivity index (χ0v) is 18.2. The quantitative estimate of drug-likeness (QED) is 0.488. The second-order valence-electron chi connectivity index (χ2n) is 8.06. The molecule has 9 nitrogen and oxygen atoms in total. The summed E-state index contributed by atoms with van der Waals surface area (Å²) in [6.45, 7) is 8.45. The Morgan fingerprint density at radius 1 is 1.10 bits per heavy atom. The molecule has 1 aromatic carbocycles. The lowest BCUT2D eigenvalue weighted by Crippen LogP contribution is -2.44. The summed E-state index contributed by atoms with van der Waals surface area (Å²) in [5.41, 5.74) is -0.181. The molecule has 0 unspecified atom stereocenters. The van der Waals surface area contributed by atoms with Crippen LogP contribution in [0.3, 0.4) is 0 Å². The van der Waals surface area contributed by atoms with Crippen molar-refractivity contribution in [1.82, 2.24) is 5.32 Å². The van der Waals surface area contributed by atoms with E-state index in [1.165, 1.54) is 19.2 Å². The van der Waals surface area contributed by atoms with Crippen LogP contribution in [-0.4, -0.2) is 49.3 Å². The summed E-state index contributed by atoms with van der Waals surface area (Å²) >= 11 is 0. The maximum Gasteiger partial charge on any atom is 0.412 e. The van der Waals surface area contributed by atoms with E-state index in [-0.39, 0.29) is 11.5 Å². The van der Waals surface area contributed by atoms with Crippen molar-refractivity contribution in [2.75, 3.05) is 19.0 Å². The van der Waals surface area contributed by atoms with Gasteiger partial charge in [-0.15, -0.1) is 0 Å². The first-order valence-electron chi connectivity index (χ1n) is 9.55. The van der Waals surface area contributed by atoms with Crippen molar-refractivity contribution in [2.24, 2.45) is 5.92 Å². The third-order valence-corrected chi connectivity index (χ3v) is 3.61. The molecule has 1 aromatic rings. The zero-order chi connectivity index (χ0) is 22.9. The minimum absolute atomic E-state index is 0.142. The number of anilines is 1. The lowest BCUT2D eigenvalue weighted by atomic mass is 10.0. The smallest absolute Gasteiger partial charge is 0.412 e. The topological polar surface area (TPSA) is 120 Å². The van der Waals surface area contributed by atoms with E-state index in [0.717, 1.165) is 0 Å². The van der Waals surface area contributed by atoms with E-state index >= 15 is 0 Å². The number of carbonyl (C=O) groups excluding carboxylic acids is 4. The van der Waals surface area contributed by atoms with Gasteiger partial charge in [-0.1, -0.05) is 19.9 Å². The first-order chi connectivity index (χ1) is 13.9. The summed E-state index contributed by atoms with van der Waals surface area (Å²) in [5, 5.41) is 5.02. The van der Waals surface area contributed by atoms with Crippen LogP contribution in [0.25, 0.3) is 0 Å². The Kier molecular flexibility index (Phi) is 9.29. The van der Waals surface area contributed by atoms with Gasteiger partial charge in [0.15, 0.2) is 6.61 Å². The van der Waals surface area contributed by atoms with E-state index in [2.05, 4.69) is 15.4 Å². The molecule has 0 aliphatic carbocycles. The number of hydrogen-bond acceptors (Lipinski definition) is 7. The van der Waals surface area contributed by atoms with Crippen LogP contribution in [0, 0.1) is 5.92 Å². The third-order valence-electron chi connectivity index (χ3n) is 3.61. The largest absolute Gasteiger partial charge is 0.467 e. The van der Waals surface area contributed by atoms with Gasteiger partial charge in [-0.2, -0.15) is 0 Å².